The first-order chi connectivity index (χ1) is 15.5. The van der Waals surface area contributed by atoms with Gasteiger partial charge in [0, 0.05) is 59.8 Å². The van der Waals surface area contributed by atoms with Crippen molar-refractivity contribution >= 4 is 16.8 Å². The van der Waals surface area contributed by atoms with E-state index in [1.165, 1.54) is 17.8 Å². The number of hydrogen-bond donors (Lipinski definition) is 1. The number of nitrogens with one attached hydrogen (secondary N) is 1. The number of pyridine rings is 1. The lowest BCUT2D eigenvalue weighted by molar-refractivity contribution is 0.0449. The molecular formula is C24H23F2N5O. The number of aromatic amines is 1. The topological polar surface area (TPSA) is 66.8 Å². The molecule has 32 heavy (non-hydrogen) atoms. The van der Waals surface area contributed by atoms with Gasteiger partial charge in [0.15, 0.2) is 0 Å². The van der Waals surface area contributed by atoms with Gasteiger partial charge < -0.3 is 9.88 Å². The van der Waals surface area contributed by atoms with Crippen LogP contribution < -0.4 is 0 Å². The second-order valence-electron chi connectivity index (χ2n) is 8.23. The molecule has 0 spiro atoms. The van der Waals surface area contributed by atoms with Crippen LogP contribution in [0.15, 0.2) is 55.0 Å². The Morgan fingerprint density at radius 1 is 1.16 bits per heavy atom. The molecule has 0 aliphatic carbocycles. The number of fused-ring (bicyclic) bond motifs is 1. The molecule has 0 unspecified atom stereocenters. The summed E-state index contributed by atoms with van der Waals surface area (Å²) in [5, 5.41) is 4.74. The van der Waals surface area contributed by atoms with E-state index in [-0.39, 0.29) is 11.6 Å². The van der Waals surface area contributed by atoms with Gasteiger partial charge in [-0.3, -0.25) is 9.78 Å². The van der Waals surface area contributed by atoms with Gasteiger partial charge in [-0.05, 0) is 55.7 Å². The van der Waals surface area contributed by atoms with Crippen LogP contribution in [0, 0.1) is 6.92 Å². The van der Waals surface area contributed by atoms with Crippen LogP contribution in [0.5, 0.6) is 0 Å². The quantitative estimate of drug-likeness (QED) is 0.482. The molecule has 5 rings (SSSR count). The highest BCUT2D eigenvalue weighted by Crippen LogP contribution is 2.39. The monoisotopic (exact) mass is 435 g/mol. The van der Waals surface area contributed by atoms with Gasteiger partial charge in [-0.2, -0.15) is 18.6 Å². The maximum atomic E-state index is 13.2. The average molecular weight is 435 g/mol. The van der Waals surface area contributed by atoms with Crippen molar-refractivity contribution in [2.45, 2.75) is 32.2 Å². The number of alkyl halides is 2. The van der Waals surface area contributed by atoms with Crippen LogP contribution in [0.4, 0.5) is 8.78 Å². The van der Waals surface area contributed by atoms with Crippen LogP contribution in [-0.2, 0) is 0 Å². The maximum Gasteiger partial charge on any atom is 0.333 e. The Balaban J connectivity index is 1.53. The number of aromatic nitrogens is 4. The zero-order chi connectivity index (χ0) is 22.2. The zero-order valence-electron chi connectivity index (χ0n) is 17.6. The van der Waals surface area contributed by atoms with Crippen molar-refractivity contribution in [3.63, 3.8) is 0 Å². The lowest BCUT2D eigenvalue weighted by Crippen LogP contribution is -2.40. The third kappa shape index (κ3) is 3.55. The number of carbonyl (C=O) groups is 1. The molecule has 4 heterocycles. The van der Waals surface area contributed by atoms with Crippen molar-refractivity contribution in [2.24, 2.45) is 0 Å². The van der Waals surface area contributed by atoms with Crippen LogP contribution >= 0.6 is 0 Å². The van der Waals surface area contributed by atoms with Crippen molar-refractivity contribution in [1.29, 1.82) is 0 Å². The number of H-pyrrole nitrogens is 1. The van der Waals surface area contributed by atoms with Gasteiger partial charge in [-0.1, -0.05) is 11.6 Å². The van der Waals surface area contributed by atoms with Crippen molar-refractivity contribution in [1.82, 2.24) is 24.6 Å². The average Bonchev–Trinajstić information content (AvgIpc) is 3.44. The summed E-state index contributed by atoms with van der Waals surface area (Å²) in [7, 11) is 0. The molecule has 6 nitrogen and oxygen atoms in total. The Morgan fingerprint density at radius 3 is 2.75 bits per heavy atom. The van der Waals surface area contributed by atoms with E-state index in [1.54, 1.807) is 17.3 Å². The number of hydrogen-bond acceptors (Lipinski definition) is 3. The Bertz CT molecular complexity index is 1260. The second kappa shape index (κ2) is 8.18. The fourth-order valence-corrected chi connectivity index (χ4v) is 4.66. The van der Waals surface area contributed by atoms with Gasteiger partial charge in [0.2, 0.25) is 0 Å². The molecule has 164 valence electrons. The predicted octanol–water partition coefficient (Wildman–Crippen LogP) is 5.15. The van der Waals surface area contributed by atoms with Gasteiger partial charge in [-0.15, -0.1) is 0 Å². The lowest BCUT2D eigenvalue weighted by atomic mass is 9.89. The van der Waals surface area contributed by atoms with Crippen LogP contribution in [0.2, 0.25) is 0 Å². The molecule has 1 aliphatic rings. The highest BCUT2D eigenvalue weighted by molar-refractivity contribution is 5.98. The number of benzene rings is 1. The molecule has 1 aliphatic heterocycles. The third-order valence-corrected chi connectivity index (χ3v) is 6.14. The van der Waals surface area contributed by atoms with Crippen molar-refractivity contribution in [3.8, 4) is 11.1 Å². The number of nitrogens with zero attached hydrogens (tertiary/aromatic N) is 4. The molecule has 1 saturated heterocycles. The molecule has 1 aromatic carbocycles. The first kappa shape index (κ1) is 20.4. The first-order valence-corrected chi connectivity index (χ1v) is 10.7. The summed E-state index contributed by atoms with van der Waals surface area (Å²) < 4.78 is 27.0. The number of rotatable bonds is 4. The molecule has 1 N–H and O–H groups in total. The standard InChI is InChI=1S/C24H23F2N5O/c1-15-4-5-19-18(13-15)21(16-6-9-27-10-7-16)22(29-19)17-3-2-12-30(14-17)23(32)20-8-11-28-31(20)24(25)26/h4-11,13,17,24,29H,2-3,12,14H2,1H3/t17-/m1/s1. The molecule has 1 amide bonds. The van der Waals surface area contributed by atoms with Crippen molar-refractivity contribution in [2.75, 3.05) is 13.1 Å². The van der Waals surface area contributed by atoms with E-state index in [9.17, 15) is 13.6 Å². The first-order valence-electron chi connectivity index (χ1n) is 10.7. The Labute approximate surface area is 183 Å². The van der Waals surface area contributed by atoms with Crippen molar-refractivity contribution in [3.05, 3.63) is 71.9 Å². The summed E-state index contributed by atoms with van der Waals surface area (Å²) in [4.78, 5) is 22.4. The Hall–Kier alpha value is -3.55. The van der Waals surface area contributed by atoms with E-state index in [2.05, 4.69) is 40.2 Å². The van der Waals surface area contributed by atoms with Gasteiger partial charge >= 0.3 is 6.55 Å². The summed E-state index contributed by atoms with van der Waals surface area (Å²) in [5.41, 5.74) is 5.36. The van der Waals surface area contributed by atoms with E-state index in [0.717, 1.165) is 40.6 Å². The van der Waals surface area contributed by atoms with E-state index in [4.69, 9.17) is 0 Å². The molecule has 1 atom stereocenters. The molecule has 3 aromatic heterocycles. The minimum Gasteiger partial charge on any atom is -0.358 e. The van der Waals surface area contributed by atoms with Gasteiger partial charge in [0.1, 0.15) is 5.69 Å². The van der Waals surface area contributed by atoms with Crippen LogP contribution in [0.25, 0.3) is 22.0 Å². The third-order valence-electron chi connectivity index (χ3n) is 6.14. The molecular weight excluding hydrogens is 412 g/mol. The van der Waals surface area contributed by atoms with Gasteiger partial charge in [-0.25, -0.2) is 0 Å². The Kier molecular flexibility index (Phi) is 5.20. The molecule has 0 bridgehead atoms. The summed E-state index contributed by atoms with van der Waals surface area (Å²) >= 11 is 0. The highest BCUT2D eigenvalue weighted by Gasteiger charge is 2.31. The van der Waals surface area contributed by atoms with Gasteiger partial charge in [0.05, 0.1) is 0 Å². The largest absolute Gasteiger partial charge is 0.358 e. The molecule has 1 fully saturated rings. The number of carbonyl (C=O) groups excluding carboxylic acids is 1. The van der Waals surface area contributed by atoms with Crippen LogP contribution in [0.3, 0.4) is 0 Å². The maximum absolute atomic E-state index is 13.2. The molecule has 0 radical (unpaired) electrons. The SMILES string of the molecule is Cc1ccc2[nH]c([C@@H]3CCCN(C(=O)c4ccnn4C(F)F)C3)c(-c3ccncc3)c2c1. The number of aryl methyl sites for hydroxylation is 1. The number of amides is 1. The molecule has 0 saturated carbocycles. The molecule has 4 aromatic rings. The highest BCUT2D eigenvalue weighted by atomic mass is 19.3. The van der Waals surface area contributed by atoms with E-state index >= 15 is 0 Å². The minimum atomic E-state index is -2.85. The van der Waals surface area contributed by atoms with E-state index in [0.29, 0.717) is 17.8 Å². The van der Waals surface area contributed by atoms with E-state index < -0.39 is 12.5 Å². The smallest absolute Gasteiger partial charge is 0.333 e. The van der Waals surface area contributed by atoms with Crippen molar-refractivity contribution < 1.29 is 13.6 Å². The lowest BCUT2D eigenvalue weighted by Gasteiger charge is -2.33. The fourth-order valence-electron chi connectivity index (χ4n) is 4.66. The predicted molar refractivity (Wildman–Crippen MR) is 118 cm³/mol. The Morgan fingerprint density at radius 2 is 1.97 bits per heavy atom. The summed E-state index contributed by atoms with van der Waals surface area (Å²) in [5.74, 6) is -0.351. The summed E-state index contributed by atoms with van der Waals surface area (Å²) in [6.45, 7) is 0.209. The molecule has 8 heteroatoms. The van der Waals surface area contributed by atoms with Crippen LogP contribution in [-0.4, -0.2) is 43.6 Å². The summed E-state index contributed by atoms with van der Waals surface area (Å²) in [6, 6.07) is 11.6. The van der Waals surface area contributed by atoms with E-state index in [1.807, 2.05) is 12.1 Å². The fraction of sp³-hybridized carbons (Fsp3) is 0.292. The number of halogens is 2. The number of likely N-dealkylation sites (tertiary alicyclic amines) is 1. The van der Waals surface area contributed by atoms with Gasteiger partial charge in [0.25, 0.3) is 5.91 Å². The second-order valence-corrected chi connectivity index (χ2v) is 8.23. The minimum absolute atomic E-state index is 0.0616. The summed E-state index contributed by atoms with van der Waals surface area (Å²) in [6.07, 6.45) is 6.49. The normalized spacial score (nSPS) is 16.8. The zero-order valence-corrected chi connectivity index (χ0v) is 17.6. The number of piperidine rings is 1. The van der Waals surface area contributed by atoms with Crippen LogP contribution in [0.1, 0.15) is 47.1 Å².